The van der Waals surface area contributed by atoms with E-state index in [4.69, 9.17) is 9.47 Å². The van der Waals surface area contributed by atoms with Gasteiger partial charge in [0.1, 0.15) is 10.1 Å². The number of halogens is 1. The normalized spacial score (nSPS) is 16.3. The zero-order valence-electron chi connectivity index (χ0n) is 11.8. The van der Waals surface area contributed by atoms with Crippen molar-refractivity contribution in [3.05, 3.63) is 27.9 Å². The molecule has 0 amide bonds. The molecule has 0 bridgehead atoms. The number of carbonyl (C=O) groups excluding carboxylic acids is 1. The Morgan fingerprint density at radius 3 is 2.62 bits per heavy atom. The van der Waals surface area contributed by atoms with Crippen LogP contribution in [0.3, 0.4) is 0 Å². The number of aliphatic imine (C=N–C) groups is 1. The molecular formula is C14H14BrNO3S2. The standard InChI is InChI=1S/C14H14BrNO3S2/c1-4-20-14-16-10(13(17)21-14)5-8-6-11(18-2)12(19-3)7-9(8)15/h5-7H,4H2,1-3H3/b10-5+. The molecule has 2 rings (SSSR count). The van der Waals surface area contributed by atoms with E-state index in [1.54, 1.807) is 32.1 Å². The van der Waals surface area contributed by atoms with Crippen LogP contribution in [0.4, 0.5) is 0 Å². The molecule has 0 fully saturated rings. The Morgan fingerprint density at radius 2 is 2.00 bits per heavy atom. The highest BCUT2D eigenvalue weighted by atomic mass is 79.9. The van der Waals surface area contributed by atoms with Crippen molar-refractivity contribution in [1.29, 1.82) is 0 Å². The average molecular weight is 388 g/mol. The highest BCUT2D eigenvalue weighted by molar-refractivity contribution is 9.10. The summed E-state index contributed by atoms with van der Waals surface area (Å²) in [6.45, 7) is 2.03. The van der Waals surface area contributed by atoms with Gasteiger partial charge in [0.2, 0.25) is 5.12 Å². The van der Waals surface area contributed by atoms with Crippen molar-refractivity contribution < 1.29 is 14.3 Å². The monoisotopic (exact) mass is 387 g/mol. The summed E-state index contributed by atoms with van der Waals surface area (Å²) in [6.07, 6.45) is 1.75. The van der Waals surface area contributed by atoms with Gasteiger partial charge in [0.25, 0.3) is 0 Å². The Morgan fingerprint density at radius 1 is 1.33 bits per heavy atom. The van der Waals surface area contributed by atoms with Crippen LogP contribution in [0, 0.1) is 0 Å². The van der Waals surface area contributed by atoms with Gasteiger partial charge in [-0.15, -0.1) is 0 Å². The summed E-state index contributed by atoms with van der Waals surface area (Å²) in [5.74, 6) is 2.13. The molecule has 0 saturated heterocycles. The van der Waals surface area contributed by atoms with E-state index in [0.717, 1.165) is 20.2 Å². The first kappa shape index (κ1) is 16.5. The lowest BCUT2D eigenvalue weighted by molar-refractivity contribution is -0.107. The predicted octanol–water partition coefficient (Wildman–Crippen LogP) is 4.19. The molecule has 0 aromatic heterocycles. The van der Waals surface area contributed by atoms with Gasteiger partial charge in [-0.25, -0.2) is 4.99 Å². The van der Waals surface area contributed by atoms with Crippen LogP contribution in [0.5, 0.6) is 11.5 Å². The SMILES string of the molecule is CCSC1=N/C(=C/c2cc(OC)c(OC)cc2Br)C(=O)S1. The molecule has 0 spiro atoms. The molecule has 1 aliphatic heterocycles. The van der Waals surface area contributed by atoms with Crippen LogP contribution in [0.15, 0.2) is 27.3 Å². The van der Waals surface area contributed by atoms with Crippen LogP contribution < -0.4 is 9.47 Å². The topological polar surface area (TPSA) is 47.9 Å². The van der Waals surface area contributed by atoms with Gasteiger partial charge in [-0.2, -0.15) is 0 Å². The highest BCUT2D eigenvalue weighted by Crippen LogP contribution is 2.36. The minimum atomic E-state index is -0.0346. The number of methoxy groups -OCH3 is 2. The molecule has 1 aliphatic rings. The molecule has 0 aliphatic carbocycles. The summed E-state index contributed by atoms with van der Waals surface area (Å²) in [4.78, 5) is 16.3. The van der Waals surface area contributed by atoms with Crippen LogP contribution in [0.1, 0.15) is 12.5 Å². The second-order valence-corrected chi connectivity index (χ2v) is 7.29. The van der Waals surface area contributed by atoms with Gasteiger partial charge in [0, 0.05) is 4.47 Å². The summed E-state index contributed by atoms with van der Waals surface area (Å²) in [6, 6.07) is 3.62. The first-order chi connectivity index (χ1) is 10.1. The van der Waals surface area contributed by atoms with E-state index in [1.165, 1.54) is 11.8 Å². The fourth-order valence-corrected chi connectivity index (χ4v) is 3.88. The number of benzene rings is 1. The van der Waals surface area contributed by atoms with Gasteiger partial charge in [-0.05, 0) is 41.3 Å². The van der Waals surface area contributed by atoms with Gasteiger partial charge in [-0.1, -0.05) is 34.6 Å². The van der Waals surface area contributed by atoms with Crippen LogP contribution in [-0.4, -0.2) is 29.5 Å². The maximum Gasteiger partial charge on any atom is 0.244 e. The van der Waals surface area contributed by atoms with Gasteiger partial charge in [0.15, 0.2) is 11.5 Å². The zero-order valence-corrected chi connectivity index (χ0v) is 15.0. The minimum Gasteiger partial charge on any atom is -0.493 e. The Balaban J connectivity index is 2.39. The van der Waals surface area contributed by atoms with E-state index < -0.39 is 0 Å². The van der Waals surface area contributed by atoms with Crippen molar-refractivity contribution in [1.82, 2.24) is 0 Å². The zero-order chi connectivity index (χ0) is 15.4. The molecule has 0 unspecified atom stereocenters. The summed E-state index contributed by atoms with van der Waals surface area (Å²) in [5, 5.41) is -0.0346. The van der Waals surface area contributed by atoms with Gasteiger partial charge in [-0.3, -0.25) is 4.79 Å². The lowest BCUT2D eigenvalue weighted by Gasteiger charge is -2.09. The second-order valence-electron chi connectivity index (χ2n) is 3.96. The summed E-state index contributed by atoms with van der Waals surface area (Å²) in [5.41, 5.74) is 1.27. The molecule has 4 nitrogen and oxygen atoms in total. The smallest absolute Gasteiger partial charge is 0.244 e. The maximum absolute atomic E-state index is 11.9. The van der Waals surface area contributed by atoms with Gasteiger partial charge >= 0.3 is 0 Å². The fraction of sp³-hybridized carbons (Fsp3) is 0.286. The number of ether oxygens (including phenoxy) is 2. The molecule has 21 heavy (non-hydrogen) atoms. The number of hydrogen-bond acceptors (Lipinski definition) is 6. The first-order valence-electron chi connectivity index (χ1n) is 6.16. The van der Waals surface area contributed by atoms with E-state index in [1.807, 2.05) is 19.1 Å². The molecule has 112 valence electrons. The fourth-order valence-electron chi connectivity index (χ4n) is 1.70. The quantitative estimate of drug-likeness (QED) is 0.724. The molecule has 1 heterocycles. The van der Waals surface area contributed by atoms with Gasteiger partial charge < -0.3 is 9.47 Å². The number of rotatable bonds is 4. The number of hydrogen-bond donors (Lipinski definition) is 0. The number of nitrogens with zero attached hydrogens (tertiary/aromatic N) is 1. The van der Waals surface area contributed by atoms with Crippen molar-refractivity contribution in [2.75, 3.05) is 20.0 Å². The van der Waals surface area contributed by atoms with Gasteiger partial charge in [0.05, 0.1) is 14.2 Å². The molecule has 1 aromatic carbocycles. The summed E-state index contributed by atoms with van der Waals surface area (Å²) in [7, 11) is 3.16. The van der Waals surface area contributed by atoms with Crippen molar-refractivity contribution in [2.24, 2.45) is 4.99 Å². The maximum atomic E-state index is 11.9. The molecule has 0 saturated carbocycles. The van der Waals surface area contributed by atoms with Crippen molar-refractivity contribution in [2.45, 2.75) is 6.92 Å². The molecular weight excluding hydrogens is 374 g/mol. The van der Waals surface area contributed by atoms with Crippen LogP contribution >= 0.6 is 39.5 Å². The lowest BCUT2D eigenvalue weighted by Crippen LogP contribution is -1.93. The van der Waals surface area contributed by atoms with E-state index in [-0.39, 0.29) is 5.12 Å². The number of thioether (sulfide) groups is 2. The molecule has 7 heteroatoms. The molecule has 0 radical (unpaired) electrons. The third-order valence-electron chi connectivity index (χ3n) is 2.66. The highest BCUT2D eigenvalue weighted by Gasteiger charge is 2.22. The third-order valence-corrected chi connectivity index (χ3v) is 5.24. The Kier molecular flexibility index (Phi) is 5.78. The summed E-state index contributed by atoms with van der Waals surface area (Å²) < 4.78 is 12.1. The first-order valence-corrected chi connectivity index (χ1v) is 8.75. The third kappa shape index (κ3) is 3.84. The largest absolute Gasteiger partial charge is 0.493 e. The van der Waals surface area contributed by atoms with E-state index in [0.29, 0.717) is 17.2 Å². The van der Waals surface area contributed by atoms with Crippen LogP contribution in [0.2, 0.25) is 0 Å². The second kappa shape index (κ2) is 7.38. The number of carbonyl (C=O) groups is 1. The summed E-state index contributed by atoms with van der Waals surface area (Å²) >= 11 is 6.22. The van der Waals surface area contributed by atoms with Crippen molar-refractivity contribution in [3.63, 3.8) is 0 Å². The van der Waals surface area contributed by atoms with Crippen molar-refractivity contribution in [3.8, 4) is 11.5 Å². The molecule has 0 atom stereocenters. The minimum absolute atomic E-state index is 0.0346. The van der Waals surface area contributed by atoms with E-state index in [2.05, 4.69) is 20.9 Å². The van der Waals surface area contributed by atoms with E-state index in [9.17, 15) is 4.79 Å². The van der Waals surface area contributed by atoms with Crippen LogP contribution in [-0.2, 0) is 4.79 Å². The van der Waals surface area contributed by atoms with Crippen LogP contribution in [0.25, 0.3) is 6.08 Å². The molecule has 1 aromatic rings. The lowest BCUT2D eigenvalue weighted by atomic mass is 10.1. The Hall–Kier alpha value is -0.920. The average Bonchev–Trinajstić information content (AvgIpc) is 2.81. The van der Waals surface area contributed by atoms with Crippen molar-refractivity contribution >= 4 is 55.0 Å². The molecule has 0 N–H and O–H groups in total. The predicted molar refractivity (Wildman–Crippen MR) is 93.4 cm³/mol. The Bertz CT molecular complexity index is 629. The van der Waals surface area contributed by atoms with E-state index >= 15 is 0 Å². The Labute approximate surface area is 140 Å².